The van der Waals surface area contributed by atoms with Gasteiger partial charge in [0.05, 0.1) is 10.2 Å². The Kier molecular flexibility index (Phi) is 6.60. The zero-order chi connectivity index (χ0) is 17.7. The molecule has 0 bridgehead atoms. The number of halogens is 1. The first kappa shape index (κ1) is 18.7. The van der Waals surface area contributed by atoms with Gasteiger partial charge in [-0.3, -0.25) is 4.79 Å². The molecule has 0 aliphatic heterocycles. The van der Waals surface area contributed by atoms with Gasteiger partial charge < -0.3 is 4.74 Å². The Morgan fingerprint density at radius 3 is 2.67 bits per heavy atom. The molecule has 0 saturated heterocycles. The molecule has 2 rings (SSSR count). The number of ether oxygens (including phenoxy) is 1. The van der Waals surface area contributed by atoms with Crippen molar-refractivity contribution in [1.29, 1.82) is 0 Å². The highest BCUT2D eigenvalue weighted by molar-refractivity contribution is 9.10. The van der Waals surface area contributed by atoms with Gasteiger partial charge in [0.15, 0.2) is 6.61 Å². The van der Waals surface area contributed by atoms with Crippen LogP contribution in [0.25, 0.3) is 0 Å². The molecule has 0 amide bonds. The average Bonchev–Trinajstić information content (AvgIpc) is 2.85. The molecule has 0 fully saturated rings. The fourth-order valence-electron chi connectivity index (χ4n) is 2.72. The lowest BCUT2D eigenvalue weighted by molar-refractivity contribution is 0.0817. The Hall–Kier alpha value is -1.62. The van der Waals surface area contributed by atoms with E-state index in [1.807, 2.05) is 32.0 Å². The van der Waals surface area contributed by atoms with Crippen LogP contribution in [0.5, 0.6) is 5.75 Å². The summed E-state index contributed by atoms with van der Waals surface area (Å²) in [5.41, 5.74) is 4.26. The molecule has 0 N–H and O–H groups in total. The maximum atomic E-state index is 12.5. The van der Waals surface area contributed by atoms with Crippen LogP contribution in [0.15, 0.2) is 22.7 Å². The van der Waals surface area contributed by atoms with Gasteiger partial charge in [-0.05, 0) is 72.3 Å². The second-order valence-electron chi connectivity index (χ2n) is 5.97. The number of carbonyl (C=O) groups is 1. The van der Waals surface area contributed by atoms with Gasteiger partial charge >= 0.3 is 0 Å². The third-order valence-corrected chi connectivity index (χ3v) is 4.83. The van der Waals surface area contributed by atoms with Gasteiger partial charge in [0.1, 0.15) is 5.75 Å². The Morgan fingerprint density at radius 2 is 2.04 bits per heavy atom. The normalized spacial score (nSPS) is 10.9. The van der Waals surface area contributed by atoms with Crippen LogP contribution in [0.2, 0.25) is 0 Å². The zero-order valence-electron chi connectivity index (χ0n) is 14.9. The Morgan fingerprint density at radius 1 is 1.29 bits per heavy atom. The van der Waals surface area contributed by atoms with Gasteiger partial charge in [0, 0.05) is 5.69 Å². The third kappa shape index (κ3) is 4.26. The number of carbonyl (C=O) groups excluding carboxylic acids is 1. The monoisotopic (exact) mass is 392 g/mol. The number of nitrogens with zero attached hydrogens (tertiary/aromatic N) is 2. The van der Waals surface area contributed by atoms with Gasteiger partial charge in [0.25, 0.3) is 5.91 Å². The van der Waals surface area contributed by atoms with Crippen LogP contribution >= 0.6 is 15.9 Å². The average molecular weight is 393 g/mol. The lowest BCUT2D eigenvalue weighted by Gasteiger charge is -2.09. The van der Waals surface area contributed by atoms with E-state index in [0.717, 1.165) is 41.5 Å². The number of hydrogen-bond donors (Lipinski definition) is 0. The molecular weight excluding hydrogens is 368 g/mol. The number of unbranched alkanes of at least 4 members (excludes halogenated alkanes) is 1. The topological polar surface area (TPSA) is 44.1 Å². The van der Waals surface area contributed by atoms with Crippen molar-refractivity contribution in [1.82, 2.24) is 9.78 Å². The van der Waals surface area contributed by atoms with E-state index in [0.29, 0.717) is 5.75 Å². The number of benzene rings is 1. The number of aryl methyl sites for hydroxylation is 2. The van der Waals surface area contributed by atoms with E-state index in [4.69, 9.17) is 4.74 Å². The van der Waals surface area contributed by atoms with Crippen molar-refractivity contribution in [2.45, 2.75) is 53.4 Å². The molecule has 0 aliphatic carbocycles. The highest BCUT2D eigenvalue weighted by atomic mass is 79.9. The summed E-state index contributed by atoms with van der Waals surface area (Å²) in [6.07, 6.45) is 4.16. The van der Waals surface area contributed by atoms with Gasteiger partial charge in [0.2, 0.25) is 0 Å². The standard InChI is InChI=1S/C19H25BrN2O2/c1-5-7-8-16-13(3)21-22(14(16)4)19(23)12-24-18-10-9-15(6-2)11-17(18)20/h9-11H,5-8,12H2,1-4H3. The second kappa shape index (κ2) is 8.47. The molecule has 0 radical (unpaired) electrons. The summed E-state index contributed by atoms with van der Waals surface area (Å²) in [5.74, 6) is 0.526. The van der Waals surface area contributed by atoms with Crippen LogP contribution in [0.1, 0.15) is 54.0 Å². The summed E-state index contributed by atoms with van der Waals surface area (Å²) in [6, 6.07) is 5.92. The molecule has 1 aromatic heterocycles. The van der Waals surface area contributed by atoms with E-state index in [9.17, 15) is 4.79 Å². The maximum Gasteiger partial charge on any atom is 0.284 e. The predicted molar refractivity (Wildman–Crippen MR) is 100.0 cm³/mol. The molecule has 2 aromatic rings. The highest BCUT2D eigenvalue weighted by Gasteiger charge is 2.17. The van der Waals surface area contributed by atoms with Crippen LogP contribution in [0.4, 0.5) is 0 Å². The summed E-state index contributed by atoms with van der Waals surface area (Å²) in [6.45, 7) is 8.15. The molecule has 0 aliphatic rings. The number of hydrogen-bond acceptors (Lipinski definition) is 3. The van der Waals surface area contributed by atoms with Crippen molar-refractivity contribution in [3.05, 3.63) is 45.2 Å². The Bertz CT molecular complexity index is 722. The van der Waals surface area contributed by atoms with Crippen LogP contribution in [0.3, 0.4) is 0 Å². The summed E-state index contributed by atoms with van der Waals surface area (Å²) < 4.78 is 8.03. The first-order valence-corrected chi connectivity index (χ1v) is 9.26. The first-order chi connectivity index (χ1) is 11.5. The molecule has 0 spiro atoms. The molecule has 0 atom stereocenters. The molecular formula is C19H25BrN2O2. The minimum atomic E-state index is -0.148. The van der Waals surface area contributed by atoms with Crippen molar-refractivity contribution in [2.75, 3.05) is 6.61 Å². The van der Waals surface area contributed by atoms with Crippen LogP contribution < -0.4 is 4.74 Å². The minimum Gasteiger partial charge on any atom is -0.483 e. The fourth-order valence-corrected chi connectivity index (χ4v) is 3.26. The predicted octanol–water partition coefficient (Wildman–Crippen LogP) is 4.89. The Labute approximate surface area is 152 Å². The minimum absolute atomic E-state index is 0.0285. The summed E-state index contributed by atoms with van der Waals surface area (Å²) in [4.78, 5) is 12.5. The lowest BCUT2D eigenvalue weighted by Crippen LogP contribution is -2.22. The van der Waals surface area contributed by atoms with Gasteiger partial charge in [-0.1, -0.05) is 26.3 Å². The van der Waals surface area contributed by atoms with E-state index in [1.54, 1.807) is 0 Å². The first-order valence-electron chi connectivity index (χ1n) is 8.47. The smallest absolute Gasteiger partial charge is 0.284 e. The van der Waals surface area contributed by atoms with Crippen molar-refractivity contribution in [3.63, 3.8) is 0 Å². The van der Waals surface area contributed by atoms with Gasteiger partial charge in [-0.2, -0.15) is 5.10 Å². The van der Waals surface area contributed by atoms with Gasteiger partial charge in [-0.25, -0.2) is 4.68 Å². The van der Waals surface area contributed by atoms with Crippen molar-refractivity contribution < 1.29 is 9.53 Å². The molecule has 130 valence electrons. The van der Waals surface area contributed by atoms with E-state index >= 15 is 0 Å². The molecule has 5 heteroatoms. The van der Waals surface area contributed by atoms with E-state index in [1.165, 1.54) is 15.8 Å². The lowest BCUT2D eigenvalue weighted by atomic mass is 10.1. The van der Waals surface area contributed by atoms with E-state index < -0.39 is 0 Å². The number of rotatable bonds is 7. The van der Waals surface area contributed by atoms with Crippen LogP contribution in [-0.2, 0) is 12.8 Å². The van der Waals surface area contributed by atoms with E-state index in [-0.39, 0.29) is 12.5 Å². The number of aromatic nitrogens is 2. The summed E-state index contributed by atoms with van der Waals surface area (Å²) >= 11 is 3.49. The quantitative estimate of drug-likeness (QED) is 0.673. The van der Waals surface area contributed by atoms with E-state index in [2.05, 4.69) is 34.9 Å². The molecule has 24 heavy (non-hydrogen) atoms. The molecule has 4 nitrogen and oxygen atoms in total. The van der Waals surface area contributed by atoms with Crippen molar-refractivity contribution >= 4 is 21.8 Å². The van der Waals surface area contributed by atoms with Crippen molar-refractivity contribution in [2.24, 2.45) is 0 Å². The van der Waals surface area contributed by atoms with Crippen LogP contribution in [0, 0.1) is 13.8 Å². The fraction of sp³-hybridized carbons (Fsp3) is 0.474. The molecule has 0 unspecified atom stereocenters. The molecule has 1 aromatic carbocycles. The highest BCUT2D eigenvalue weighted by Crippen LogP contribution is 2.26. The summed E-state index contributed by atoms with van der Waals surface area (Å²) in [7, 11) is 0. The second-order valence-corrected chi connectivity index (χ2v) is 6.82. The summed E-state index contributed by atoms with van der Waals surface area (Å²) in [5, 5.41) is 4.40. The third-order valence-electron chi connectivity index (χ3n) is 4.21. The zero-order valence-corrected chi connectivity index (χ0v) is 16.4. The van der Waals surface area contributed by atoms with Crippen molar-refractivity contribution in [3.8, 4) is 5.75 Å². The van der Waals surface area contributed by atoms with Gasteiger partial charge in [-0.15, -0.1) is 0 Å². The largest absolute Gasteiger partial charge is 0.483 e. The SMILES string of the molecule is CCCCc1c(C)nn(C(=O)COc2ccc(CC)cc2Br)c1C. The Balaban J connectivity index is 2.08. The molecule has 1 heterocycles. The van der Waals surface area contributed by atoms with Crippen LogP contribution in [-0.4, -0.2) is 22.3 Å². The molecule has 0 saturated carbocycles. The maximum absolute atomic E-state index is 12.5.